The van der Waals surface area contributed by atoms with E-state index in [2.05, 4.69) is 11.1 Å². The number of hydrogen-bond donors (Lipinski definition) is 0. The molecule has 4 heteroatoms. The normalized spacial score (nSPS) is 11.1. The Kier molecular flexibility index (Phi) is 5.86. The maximum absolute atomic E-state index is 9.26. The molecule has 2 aromatic carbocycles. The summed E-state index contributed by atoms with van der Waals surface area (Å²) in [6, 6.07) is 20.7. The van der Waals surface area contributed by atoms with Crippen LogP contribution in [0, 0.1) is 11.3 Å². The Bertz CT molecular complexity index is 922. The van der Waals surface area contributed by atoms with Gasteiger partial charge in [0.05, 0.1) is 23.0 Å². The molecule has 3 aromatic rings. The highest BCUT2D eigenvalue weighted by Gasteiger charge is 1.99. The van der Waals surface area contributed by atoms with Crippen molar-refractivity contribution in [3.05, 3.63) is 98.8 Å². The van der Waals surface area contributed by atoms with Gasteiger partial charge in [-0.3, -0.25) is 0 Å². The minimum absolute atomic E-state index is 0.562. The van der Waals surface area contributed by atoms with Gasteiger partial charge in [0.15, 0.2) is 0 Å². The Morgan fingerprint density at radius 3 is 1.50 bits per heavy atom. The van der Waals surface area contributed by atoms with E-state index in [9.17, 15) is 5.26 Å². The molecule has 0 amide bonds. The lowest BCUT2D eigenvalue weighted by molar-refractivity contribution is 1.25. The van der Waals surface area contributed by atoms with Crippen LogP contribution in [0.3, 0.4) is 0 Å². The number of hydrogen-bond acceptors (Lipinski definition) is 2. The summed E-state index contributed by atoms with van der Waals surface area (Å²) in [6.45, 7) is 0. The van der Waals surface area contributed by atoms with Crippen LogP contribution in [0.2, 0.25) is 10.0 Å². The molecule has 0 unspecified atom stereocenters. The van der Waals surface area contributed by atoms with Crippen LogP contribution in [0.5, 0.6) is 0 Å². The third-order valence-corrected chi connectivity index (χ3v) is 4.13. The van der Waals surface area contributed by atoms with Gasteiger partial charge in [-0.15, -0.1) is 0 Å². The molecule has 126 valence electrons. The van der Waals surface area contributed by atoms with E-state index in [-0.39, 0.29) is 0 Å². The van der Waals surface area contributed by atoms with Crippen molar-refractivity contribution in [3.8, 4) is 6.07 Å². The van der Waals surface area contributed by atoms with E-state index in [1.165, 1.54) is 0 Å². The van der Waals surface area contributed by atoms with E-state index in [4.69, 9.17) is 23.2 Å². The second kappa shape index (κ2) is 8.49. The topological polar surface area (TPSA) is 36.7 Å². The van der Waals surface area contributed by atoms with Crippen LogP contribution in [0.15, 0.2) is 60.7 Å². The average Bonchev–Trinajstić information content (AvgIpc) is 2.67. The Hall–Kier alpha value is -2.86. The fourth-order valence-corrected chi connectivity index (χ4v) is 2.57. The molecule has 0 aliphatic carbocycles. The highest BCUT2D eigenvalue weighted by molar-refractivity contribution is 6.30. The van der Waals surface area contributed by atoms with Crippen LogP contribution >= 0.6 is 23.2 Å². The van der Waals surface area contributed by atoms with Crippen LogP contribution in [0.25, 0.3) is 24.3 Å². The van der Waals surface area contributed by atoms with Gasteiger partial charge in [-0.05, 0) is 59.7 Å². The monoisotopic (exact) mass is 376 g/mol. The minimum Gasteiger partial charge on any atom is -0.249 e. The van der Waals surface area contributed by atoms with E-state index in [1.807, 2.05) is 72.8 Å². The Balaban J connectivity index is 1.85. The van der Waals surface area contributed by atoms with Crippen LogP contribution in [-0.2, 0) is 0 Å². The molecule has 1 heterocycles. The molecule has 0 aliphatic rings. The fourth-order valence-electron chi connectivity index (χ4n) is 2.32. The van der Waals surface area contributed by atoms with Crippen molar-refractivity contribution in [1.82, 2.24) is 4.98 Å². The molecule has 0 fully saturated rings. The maximum Gasteiger partial charge on any atom is 0.0993 e. The summed E-state index contributed by atoms with van der Waals surface area (Å²) in [4.78, 5) is 4.57. The van der Waals surface area contributed by atoms with Crippen molar-refractivity contribution in [3.63, 3.8) is 0 Å². The lowest BCUT2D eigenvalue weighted by atomic mass is 10.1. The zero-order chi connectivity index (χ0) is 18.4. The SMILES string of the molecule is N#Cc1cc(/C=C/c2ccc(Cl)cc2)nc(/C=C/c2ccc(Cl)cc2)c1. The van der Waals surface area contributed by atoms with E-state index in [0.717, 1.165) is 22.5 Å². The van der Waals surface area contributed by atoms with Gasteiger partial charge in [0, 0.05) is 10.0 Å². The van der Waals surface area contributed by atoms with Gasteiger partial charge in [-0.25, -0.2) is 4.98 Å². The first-order chi connectivity index (χ1) is 12.6. The van der Waals surface area contributed by atoms with Gasteiger partial charge < -0.3 is 0 Å². The standard InChI is InChI=1S/C22H14Cl2N2/c23-19-7-1-16(2-8-19)5-11-21-13-18(15-25)14-22(26-21)12-6-17-3-9-20(24)10-4-17/h1-14H/b11-5+,12-6+. The minimum atomic E-state index is 0.562. The largest absolute Gasteiger partial charge is 0.249 e. The first-order valence-corrected chi connectivity index (χ1v) is 8.67. The average molecular weight is 377 g/mol. The third kappa shape index (κ3) is 5.07. The van der Waals surface area contributed by atoms with Crippen molar-refractivity contribution in [2.45, 2.75) is 0 Å². The summed E-state index contributed by atoms with van der Waals surface area (Å²) in [6.07, 6.45) is 7.63. The van der Waals surface area contributed by atoms with Gasteiger partial charge in [0.2, 0.25) is 0 Å². The van der Waals surface area contributed by atoms with Gasteiger partial charge >= 0.3 is 0 Å². The predicted octanol–water partition coefficient (Wildman–Crippen LogP) is 6.60. The van der Waals surface area contributed by atoms with Crippen molar-refractivity contribution >= 4 is 47.5 Å². The quantitative estimate of drug-likeness (QED) is 0.514. The van der Waals surface area contributed by atoms with Crippen molar-refractivity contribution in [2.75, 3.05) is 0 Å². The van der Waals surface area contributed by atoms with Crippen LogP contribution in [0.1, 0.15) is 28.1 Å². The number of aromatic nitrogens is 1. The highest BCUT2D eigenvalue weighted by atomic mass is 35.5. The summed E-state index contributed by atoms with van der Waals surface area (Å²) in [5, 5.41) is 10.7. The summed E-state index contributed by atoms with van der Waals surface area (Å²) in [5.41, 5.74) is 4.02. The number of nitriles is 1. The van der Waals surface area contributed by atoms with Gasteiger partial charge in [0.25, 0.3) is 0 Å². The zero-order valence-electron chi connectivity index (χ0n) is 13.7. The van der Waals surface area contributed by atoms with Gasteiger partial charge in [-0.2, -0.15) is 5.26 Å². The fraction of sp³-hybridized carbons (Fsp3) is 0. The second-order valence-corrected chi connectivity index (χ2v) is 6.46. The van der Waals surface area contributed by atoms with Crippen LogP contribution < -0.4 is 0 Å². The molecule has 0 saturated heterocycles. The molecule has 0 aliphatic heterocycles. The molecular weight excluding hydrogens is 363 g/mol. The Labute approximate surface area is 162 Å². The van der Waals surface area contributed by atoms with Crippen molar-refractivity contribution in [2.24, 2.45) is 0 Å². The molecule has 0 saturated carbocycles. The molecule has 0 radical (unpaired) electrons. The van der Waals surface area contributed by atoms with E-state index >= 15 is 0 Å². The van der Waals surface area contributed by atoms with Crippen molar-refractivity contribution in [1.29, 1.82) is 5.26 Å². The summed E-state index contributed by atoms with van der Waals surface area (Å²) < 4.78 is 0. The highest BCUT2D eigenvalue weighted by Crippen LogP contribution is 2.15. The van der Waals surface area contributed by atoms with E-state index in [0.29, 0.717) is 15.6 Å². The Morgan fingerprint density at radius 2 is 1.12 bits per heavy atom. The molecule has 1 aromatic heterocycles. The van der Waals surface area contributed by atoms with Crippen LogP contribution in [-0.4, -0.2) is 4.98 Å². The number of halogens is 2. The smallest absolute Gasteiger partial charge is 0.0993 e. The predicted molar refractivity (Wildman–Crippen MR) is 110 cm³/mol. The summed E-state index contributed by atoms with van der Waals surface area (Å²) in [7, 11) is 0. The Morgan fingerprint density at radius 1 is 0.692 bits per heavy atom. The lowest BCUT2D eigenvalue weighted by Gasteiger charge is -2.00. The molecule has 0 bridgehead atoms. The maximum atomic E-state index is 9.26. The number of pyridine rings is 1. The molecule has 0 atom stereocenters. The first-order valence-electron chi connectivity index (χ1n) is 7.92. The third-order valence-electron chi connectivity index (χ3n) is 3.63. The number of rotatable bonds is 4. The van der Waals surface area contributed by atoms with E-state index in [1.54, 1.807) is 12.1 Å². The van der Waals surface area contributed by atoms with Crippen LogP contribution in [0.4, 0.5) is 0 Å². The zero-order valence-corrected chi connectivity index (χ0v) is 15.2. The molecule has 0 N–H and O–H groups in total. The van der Waals surface area contributed by atoms with Crippen molar-refractivity contribution < 1.29 is 0 Å². The first kappa shape index (κ1) is 17.9. The van der Waals surface area contributed by atoms with Gasteiger partial charge in [0.1, 0.15) is 0 Å². The molecule has 0 spiro atoms. The molecule has 2 nitrogen and oxygen atoms in total. The summed E-state index contributed by atoms with van der Waals surface area (Å²) >= 11 is 11.8. The second-order valence-electron chi connectivity index (χ2n) is 5.59. The lowest BCUT2D eigenvalue weighted by Crippen LogP contribution is -1.88. The number of benzene rings is 2. The number of nitrogens with zero attached hydrogens (tertiary/aromatic N) is 2. The summed E-state index contributed by atoms with van der Waals surface area (Å²) in [5.74, 6) is 0. The molecule has 3 rings (SSSR count). The van der Waals surface area contributed by atoms with Gasteiger partial charge in [-0.1, -0.05) is 59.6 Å². The molecule has 26 heavy (non-hydrogen) atoms. The molecular formula is C22H14Cl2N2. The van der Waals surface area contributed by atoms with E-state index < -0.39 is 0 Å².